The molecular formula is C21H23N3O5. The highest BCUT2D eigenvalue weighted by Gasteiger charge is 2.16. The van der Waals surface area contributed by atoms with E-state index in [1.54, 1.807) is 13.0 Å². The number of imidazole rings is 1. The number of fused-ring (bicyclic) bond motifs is 1. The third kappa shape index (κ3) is 4.66. The second-order valence-electron chi connectivity index (χ2n) is 6.31. The minimum Gasteiger partial charge on any atom is -0.490 e. The lowest BCUT2D eigenvalue weighted by molar-refractivity contribution is -0.139. The molecule has 1 heterocycles. The van der Waals surface area contributed by atoms with Crippen molar-refractivity contribution in [2.75, 3.05) is 18.5 Å². The maximum Gasteiger partial charge on any atom is 0.341 e. The number of carboxylic acids is 1. The fraction of sp³-hybridized carbons (Fsp3) is 0.286. The molecule has 2 aromatic carbocycles. The molecule has 1 amide bonds. The van der Waals surface area contributed by atoms with Gasteiger partial charge in [0.05, 0.1) is 17.6 Å². The Hall–Kier alpha value is -3.55. The number of nitrogens with one attached hydrogen (secondary N) is 1. The molecule has 152 valence electrons. The summed E-state index contributed by atoms with van der Waals surface area (Å²) in [6.07, 6.45) is 0.896. The Morgan fingerprint density at radius 3 is 2.62 bits per heavy atom. The Morgan fingerprint density at radius 2 is 1.90 bits per heavy atom. The molecule has 0 aliphatic heterocycles. The van der Waals surface area contributed by atoms with Crippen LogP contribution < -0.4 is 14.8 Å². The summed E-state index contributed by atoms with van der Waals surface area (Å²) in [6, 6.07) is 12.3. The van der Waals surface area contributed by atoms with Gasteiger partial charge < -0.3 is 19.1 Å². The van der Waals surface area contributed by atoms with Gasteiger partial charge in [0.15, 0.2) is 18.1 Å². The first-order valence-corrected chi connectivity index (χ1v) is 9.41. The minimum atomic E-state index is -1.09. The summed E-state index contributed by atoms with van der Waals surface area (Å²) in [6.45, 7) is 4.43. The molecule has 8 heteroatoms. The lowest BCUT2D eigenvalue weighted by Crippen LogP contribution is -2.16. The van der Waals surface area contributed by atoms with Gasteiger partial charge in [-0.25, -0.2) is 9.78 Å². The summed E-state index contributed by atoms with van der Waals surface area (Å²) in [7, 11) is 0. The molecule has 0 aliphatic rings. The first-order chi connectivity index (χ1) is 14.0. The van der Waals surface area contributed by atoms with Crippen LogP contribution in [0.4, 0.5) is 5.95 Å². The Balaban J connectivity index is 1.87. The molecule has 0 radical (unpaired) electrons. The van der Waals surface area contributed by atoms with Crippen LogP contribution in [0.1, 0.15) is 30.6 Å². The topological polar surface area (TPSA) is 103 Å². The quantitative estimate of drug-likeness (QED) is 0.572. The molecule has 3 aromatic rings. The molecule has 0 fully saturated rings. The monoisotopic (exact) mass is 397 g/mol. The van der Waals surface area contributed by atoms with Crippen LogP contribution in [0.3, 0.4) is 0 Å². The molecule has 0 unspecified atom stereocenters. The van der Waals surface area contributed by atoms with E-state index in [4.69, 9.17) is 14.6 Å². The van der Waals surface area contributed by atoms with Crippen LogP contribution in [-0.2, 0) is 11.3 Å². The number of aliphatic carboxylic acids is 1. The van der Waals surface area contributed by atoms with Crippen molar-refractivity contribution >= 4 is 28.9 Å². The number of hydrogen-bond acceptors (Lipinski definition) is 5. The number of aromatic nitrogens is 2. The van der Waals surface area contributed by atoms with E-state index in [1.807, 2.05) is 28.8 Å². The number of anilines is 1. The number of carboxylic acid groups (broad SMARTS) is 1. The van der Waals surface area contributed by atoms with Crippen molar-refractivity contribution in [3.63, 3.8) is 0 Å². The first kappa shape index (κ1) is 20.2. The van der Waals surface area contributed by atoms with Crippen LogP contribution in [0, 0.1) is 0 Å². The summed E-state index contributed by atoms with van der Waals surface area (Å²) in [5, 5.41) is 11.7. The van der Waals surface area contributed by atoms with Crippen LogP contribution >= 0.6 is 0 Å². The molecule has 3 rings (SSSR count). The predicted octanol–water partition coefficient (Wildman–Crippen LogP) is 3.56. The number of nitrogens with zero attached hydrogens (tertiary/aromatic N) is 2. The van der Waals surface area contributed by atoms with E-state index in [0.29, 0.717) is 23.9 Å². The van der Waals surface area contributed by atoms with Gasteiger partial charge in [-0.05, 0) is 43.7 Å². The van der Waals surface area contributed by atoms with E-state index in [2.05, 4.69) is 17.2 Å². The lowest BCUT2D eigenvalue weighted by Gasteiger charge is -2.13. The first-order valence-electron chi connectivity index (χ1n) is 9.41. The maximum atomic E-state index is 12.8. The van der Waals surface area contributed by atoms with E-state index in [-0.39, 0.29) is 11.7 Å². The lowest BCUT2D eigenvalue weighted by atomic mass is 10.2. The summed E-state index contributed by atoms with van der Waals surface area (Å²) in [5.41, 5.74) is 2.12. The number of amides is 1. The molecule has 29 heavy (non-hydrogen) atoms. The average molecular weight is 397 g/mol. The van der Waals surface area contributed by atoms with Gasteiger partial charge in [-0.2, -0.15) is 0 Å². The number of carbonyl (C=O) groups is 2. The number of para-hydroxylation sites is 2. The van der Waals surface area contributed by atoms with E-state index in [1.165, 1.54) is 12.1 Å². The Labute approximate surface area is 168 Å². The van der Waals surface area contributed by atoms with Crippen molar-refractivity contribution in [2.24, 2.45) is 0 Å². The maximum absolute atomic E-state index is 12.8. The van der Waals surface area contributed by atoms with Crippen LogP contribution in [0.2, 0.25) is 0 Å². The summed E-state index contributed by atoms with van der Waals surface area (Å²) in [5.74, 6) is -0.387. The molecule has 1 aromatic heterocycles. The van der Waals surface area contributed by atoms with E-state index >= 15 is 0 Å². The highest BCUT2D eigenvalue weighted by Crippen LogP contribution is 2.29. The highest BCUT2D eigenvalue weighted by atomic mass is 16.5. The fourth-order valence-corrected chi connectivity index (χ4v) is 2.97. The van der Waals surface area contributed by atoms with Gasteiger partial charge in [-0.1, -0.05) is 19.1 Å². The number of rotatable bonds is 9. The Bertz CT molecular complexity index is 1030. The van der Waals surface area contributed by atoms with Crippen molar-refractivity contribution < 1.29 is 24.2 Å². The summed E-state index contributed by atoms with van der Waals surface area (Å²) < 4.78 is 12.7. The summed E-state index contributed by atoms with van der Waals surface area (Å²) >= 11 is 0. The molecule has 0 bridgehead atoms. The van der Waals surface area contributed by atoms with Gasteiger partial charge in [-0.15, -0.1) is 0 Å². The molecular weight excluding hydrogens is 374 g/mol. The van der Waals surface area contributed by atoms with Gasteiger partial charge in [0.25, 0.3) is 5.91 Å². The molecule has 8 nitrogen and oxygen atoms in total. The molecule has 0 saturated carbocycles. The van der Waals surface area contributed by atoms with Crippen molar-refractivity contribution in [1.82, 2.24) is 9.55 Å². The summed E-state index contributed by atoms with van der Waals surface area (Å²) in [4.78, 5) is 28.1. The number of carbonyl (C=O) groups excluding carboxylic acids is 1. The van der Waals surface area contributed by atoms with Crippen LogP contribution in [-0.4, -0.2) is 39.7 Å². The van der Waals surface area contributed by atoms with Gasteiger partial charge in [-0.3, -0.25) is 10.1 Å². The smallest absolute Gasteiger partial charge is 0.341 e. The van der Waals surface area contributed by atoms with Crippen molar-refractivity contribution in [1.29, 1.82) is 0 Å². The molecule has 0 saturated heterocycles. The molecule has 0 aliphatic carbocycles. The zero-order chi connectivity index (χ0) is 20.8. The number of hydrogen-bond donors (Lipinski definition) is 2. The molecule has 0 spiro atoms. The number of benzene rings is 2. The largest absolute Gasteiger partial charge is 0.490 e. The predicted molar refractivity (Wildman–Crippen MR) is 109 cm³/mol. The van der Waals surface area contributed by atoms with E-state index < -0.39 is 12.6 Å². The number of ether oxygens (including phenoxy) is 2. The zero-order valence-corrected chi connectivity index (χ0v) is 16.3. The average Bonchev–Trinajstić information content (AvgIpc) is 3.04. The Morgan fingerprint density at radius 1 is 1.10 bits per heavy atom. The second kappa shape index (κ2) is 9.09. The standard InChI is InChI=1S/C21H23N3O5/c1-3-11-24-16-8-6-5-7-15(16)22-21(24)23-20(27)14-9-10-17(29-13-19(25)26)18(12-14)28-4-2/h5-10,12H,3-4,11,13H2,1-2H3,(H,25,26)(H,22,23,27). The van der Waals surface area contributed by atoms with E-state index in [9.17, 15) is 9.59 Å². The SMILES string of the molecule is CCCn1c(NC(=O)c2ccc(OCC(=O)O)c(OCC)c2)nc2ccccc21. The highest BCUT2D eigenvalue weighted by molar-refractivity contribution is 6.04. The zero-order valence-electron chi connectivity index (χ0n) is 16.3. The number of aryl methyl sites for hydroxylation is 1. The van der Waals surface area contributed by atoms with Gasteiger partial charge in [0.1, 0.15) is 0 Å². The van der Waals surface area contributed by atoms with Crippen LogP contribution in [0.15, 0.2) is 42.5 Å². The van der Waals surface area contributed by atoms with Gasteiger partial charge in [0.2, 0.25) is 5.95 Å². The normalized spacial score (nSPS) is 10.7. The molecule has 0 atom stereocenters. The van der Waals surface area contributed by atoms with Crippen molar-refractivity contribution in [3.8, 4) is 11.5 Å². The van der Waals surface area contributed by atoms with Gasteiger partial charge in [0, 0.05) is 12.1 Å². The third-order valence-electron chi connectivity index (χ3n) is 4.18. The van der Waals surface area contributed by atoms with Crippen molar-refractivity contribution in [3.05, 3.63) is 48.0 Å². The fourth-order valence-electron chi connectivity index (χ4n) is 2.97. The van der Waals surface area contributed by atoms with Gasteiger partial charge >= 0.3 is 5.97 Å². The van der Waals surface area contributed by atoms with E-state index in [0.717, 1.165) is 24.0 Å². The second-order valence-corrected chi connectivity index (χ2v) is 6.31. The minimum absolute atomic E-state index is 0.268. The van der Waals surface area contributed by atoms with Crippen LogP contribution in [0.25, 0.3) is 11.0 Å². The van der Waals surface area contributed by atoms with Crippen molar-refractivity contribution in [2.45, 2.75) is 26.8 Å². The Kier molecular flexibility index (Phi) is 6.33. The molecule has 2 N–H and O–H groups in total. The third-order valence-corrected chi connectivity index (χ3v) is 4.18. The van der Waals surface area contributed by atoms with Crippen LogP contribution in [0.5, 0.6) is 11.5 Å².